The number of aromatic hydroxyl groups is 1. The van der Waals surface area contributed by atoms with Crippen molar-refractivity contribution in [3.8, 4) is 11.5 Å². The minimum Gasteiger partial charge on any atom is -0.506 e. The fourth-order valence-corrected chi connectivity index (χ4v) is 3.09. The standard InChI is InChI=1S/C18H21NO5S/c1-4-25(22,23)14-8-9-16(20)15(10-14)19-18(21)11-24-17-7-5-6-12(2)13(17)3/h5-10,20H,4,11H2,1-3H3,(H,19,21). The normalized spacial score (nSPS) is 11.2. The molecule has 2 aromatic carbocycles. The summed E-state index contributed by atoms with van der Waals surface area (Å²) in [6, 6.07) is 9.33. The molecule has 0 heterocycles. The number of sulfone groups is 1. The summed E-state index contributed by atoms with van der Waals surface area (Å²) in [5.74, 6) is -0.181. The summed E-state index contributed by atoms with van der Waals surface area (Å²) in [5, 5.41) is 12.3. The van der Waals surface area contributed by atoms with Crippen LogP contribution in [0.15, 0.2) is 41.3 Å². The number of aryl methyl sites for hydroxylation is 1. The molecular weight excluding hydrogens is 342 g/mol. The zero-order valence-electron chi connectivity index (χ0n) is 14.4. The molecule has 0 saturated carbocycles. The number of anilines is 1. The Morgan fingerprint density at radius 1 is 1.20 bits per heavy atom. The molecule has 0 radical (unpaired) electrons. The Balaban J connectivity index is 2.10. The number of hydrogen-bond donors (Lipinski definition) is 2. The van der Waals surface area contributed by atoms with Crippen LogP contribution in [-0.2, 0) is 14.6 Å². The summed E-state index contributed by atoms with van der Waals surface area (Å²) in [7, 11) is -3.43. The van der Waals surface area contributed by atoms with Crippen LogP contribution in [0.2, 0.25) is 0 Å². The molecule has 0 saturated heterocycles. The van der Waals surface area contributed by atoms with Crippen molar-refractivity contribution in [3.63, 3.8) is 0 Å². The summed E-state index contributed by atoms with van der Waals surface area (Å²) < 4.78 is 29.3. The molecule has 0 aliphatic heterocycles. The van der Waals surface area contributed by atoms with Gasteiger partial charge < -0.3 is 15.2 Å². The van der Waals surface area contributed by atoms with E-state index in [1.54, 1.807) is 6.07 Å². The van der Waals surface area contributed by atoms with Crippen LogP contribution in [0.3, 0.4) is 0 Å². The van der Waals surface area contributed by atoms with E-state index in [1.807, 2.05) is 26.0 Å². The number of amides is 1. The average Bonchev–Trinajstić information content (AvgIpc) is 2.58. The first kappa shape index (κ1) is 18.8. The highest BCUT2D eigenvalue weighted by molar-refractivity contribution is 7.91. The minimum absolute atomic E-state index is 0.0316. The van der Waals surface area contributed by atoms with E-state index in [1.165, 1.54) is 25.1 Å². The predicted octanol–water partition coefficient (Wildman–Crippen LogP) is 2.82. The van der Waals surface area contributed by atoms with Gasteiger partial charge in [0, 0.05) is 0 Å². The number of benzene rings is 2. The fourth-order valence-electron chi connectivity index (χ4n) is 2.19. The predicted molar refractivity (Wildman–Crippen MR) is 95.9 cm³/mol. The van der Waals surface area contributed by atoms with Crippen molar-refractivity contribution in [3.05, 3.63) is 47.5 Å². The van der Waals surface area contributed by atoms with Crippen LogP contribution in [0.4, 0.5) is 5.69 Å². The lowest BCUT2D eigenvalue weighted by Crippen LogP contribution is -2.20. The lowest BCUT2D eigenvalue weighted by Gasteiger charge is -2.12. The highest BCUT2D eigenvalue weighted by atomic mass is 32.2. The zero-order chi connectivity index (χ0) is 18.6. The second kappa shape index (κ2) is 7.57. The van der Waals surface area contributed by atoms with Crippen molar-refractivity contribution < 1.29 is 23.1 Å². The molecule has 7 heteroatoms. The Morgan fingerprint density at radius 2 is 1.92 bits per heavy atom. The molecule has 134 valence electrons. The third kappa shape index (κ3) is 4.51. The van der Waals surface area contributed by atoms with Gasteiger partial charge in [-0.2, -0.15) is 0 Å². The molecule has 2 rings (SSSR count). The smallest absolute Gasteiger partial charge is 0.262 e. The maximum atomic E-state index is 12.1. The van der Waals surface area contributed by atoms with Gasteiger partial charge in [0.15, 0.2) is 16.4 Å². The van der Waals surface area contributed by atoms with Gasteiger partial charge in [-0.25, -0.2) is 8.42 Å². The number of phenols is 1. The number of nitrogens with one attached hydrogen (secondary N) is 1. The first-order valence-corrected chi connectivity index (χ1v) is 9.44. The van der Waals surface area contributed by atoms with Crippen LogP contribution < -0.4 is 10.1 Å². The first-order valence-electron chi connectivity index (χ1n) is 7.79. The van der Waals surface area contributed by atoms with Crippen molar-refractivity contribution in [2.24, 2.45) is 0 Å². The van der Waals surface area contributed by atoms with Crippen LogP contribution in [0.5, 0.6) is 11.5 Å². The van der Waals surface area contributed by atoms with E-state index in [-0.39, 0.29) is 28.7 Å². The molecule has 0 spiro atoms. The van der Waals surface area contributed by atoms with Crippen molar-refractivity contribution in [1.82, 2.24) is 0 Å². The number of carbonyl (C=O) groups excluding carboxylic acids is 1. The lowest BCUT2D eigenvalue weighted by atomic mass is 10.1. The van der Waals surface area contributed by atoms with E-state index in [0.717, 1.165) is 11.1 Å². The van der Waals surface area contributed by atoms with Crippen molar-refractivity contribution in [2.75, 3.05) is 17.7 Å². The third-order valence-corrected chi connectivity index (χ3v) is 5.63. The molecule has 25 heavy (non-hydrogen) atoms. The topological polar surface area (TPSA) is 92.7 Å². The van der Waals surface area contributed by atoms with Gasteiger partial charge in [-0.1, -0.05) is 19.1 Å². The molecule has 6 nitrogen and oxygen atoms in total. The van der Waals surface area contributed by atoms with Gasteiger partial charge in [-0.15, -0.1) is 0 Å². The largest absolute Gasteiger partial charge is 0.506 e. The molecule has 0 unspecified atom stereocenters. The Hall–Kier alpha value is -2.54. The second-order valence-corrected chi connectivity index (χ2v) is 7.90. The van der Waals surface area contributed by atoms with Gasteiger partial charge in [-0.05, 0) is 49.2 Å². The highest BCUT2D eigenvalue weighted by Gasteiger charge is 2.15. The summed E-state index contributed by atoms with van der Waals surface area (Å²) in [6.45, 7) is 5.11. The van der Waals surface area contributed by atoms with Crippen LogP contribution in [0, 0.1) is 13.8 Å². The van der Waals surface area contributed by atoms with Crippen LogP contribution in [0.25, 0.3) is 0 Å². The van der Waals surface area contributed by atoms with E-state index in [2.05, 4.69) is 5.32 Å². The van der Waals surface area contributed by atoms with E-state index >= 15 is 0 Å². The zero-order valence-corrected chi connectivity index (χ0v) is 15.2. The van der Waals surface area contributed by atoms with Crippen molar-refractivity contribution in [2.45, 2.75) is 25.7 Å². The SMILES string of the molecule is CCS(=O)(=O)c1ccc(O)c(NC(=O)COc2cccc(C)c2C)c1. The summed E-state index contributed by atoms with van der Waals surface area (Å²) in [5.41, 5.74) is 2.02. The molecule has 1 amide bonds. The summed E-state index contributed by atoms with van der Waals surface area (Å²) in [6.07, 6.45) is 0. The Bertz CT molecular complexity index is 890. The van der Waals surface area contributed by atoms with E-state index < -0.39 is 15.7 Å². The van der Waals surface area contributed by atoms with Gasteiger partial charge in [0.05, 0.1) is 16.3 Å². The van der Waals surface area contributed by atoms with Gasteiger partial charge in [-0.3, -0.25) is 4.79 Å². The van der Waals surface area contributed by atoms with Crippen LogP contribution >= 0.6 is 0 Å². The van der Waals surface area contributed by atoms with Gasteiger partial charge in [0.25, 0.3) is 5.91 Å². The molecule has 0 aromatic heterocycles. The number of ether oxygens (including phenoxy) is 1. The van der Waals surface area contributed by atoms with Crippen LogP contribution in [0.1, 0.15) is 18.1 Å². The molecule has 0 aliphatic rings. The minimum atomic E-state index is -3.43. The highest BCUT2D eigenvalue weighted by Crippen LogP contribution is 2.27. The number of hydrogen-bond acceptors (Lipinski definition) is 5. The monoisotopic (exact) mass is 363 g/mol. The fraction of sp³-hybridized carbons (Fsp3) is 0.278. The van der Waals surface area contributed by atoms with E-state index in [9.17, 15) is 18.3 Å². The number of phenolic OH excluding ortho intramolecular Hbond substituents is 1. The molecule has 0 bridgehead atoms. The number of rotatable bonds is 6. The Labute approximate surface area is 147 Å². The Kier molecular flexibility index (Phi) is 5.69. The molecule has 0 atom stereocenters. The first-order chi connectivity index (χ1) is 11.7. The van der Waals surface area contributed by atoms with E-state index in [0.29, 0.717) is 5.75 Å². The maximum Gasteiger partial charge on any atom is 0.262 e. The Morgan fingerprint density at radius 3 is 2.60 bits per heavy atom. The van der Waals surface area contributed by atoms with E-state index in [4.69, 9.17) is 4.74 Å². The van der Waals surface area contributed by atoms with Gasteiger partial charge in [0.1, 0.15) is 11.5 Å². The maximum absolute atomic E-state index is 12.1. The molecule has 2 N–H and O–H groups in total. The molecule has 0 fully saturated rings. The van der Waals surface area contributed by atoms with Crippen molar-refractivity contribution in [1.29, 1.82) is 0 Å². The van der Waals surface area contributed by atoms with Gasteiger partial charge >= 0.3 is 0 Å². The quantitative estimate of drug-likeness (QED) is 0.770. The van der Waals surface area contributed by atoms with Crippen LogP contribution in [-0.4, -0.2) is 31.8 Å². The summed E-state index contributed by atoms with van der Waals surface area (Å²) in [4.78, 5) is 12.1. The second-order valence-electron chi connectivity index (χ2n) is 5.62. The average molecular weight is 363 g/mol. The van der Waals surface area contributed by atoms with Gasteiger partial charge in [0.2, 0.25) is 0 Å². The lowest BCUT2D eigenvalue weighted by molar-refractivity contribution is -0.118. The number of carbonyl (C=O) groups is 1. The molecule has 0 aliphatic carbocycles. The molecule has 2 aromatic rings. The third-order valence-electron chi connectivity index (χ3n) is 3.89. The molecular formula is C18H21NO5S. The summed E-state index contributed by atoms with van der Waals surface area (Å²) >= 11 is 0. The van der Waals surface area contributed by atoms with Crippen molar-refractivity contribution >= 4 is 21.4 Å².